The van der Waals surface area contributed by atoms with Crippen LogP contribution in [0.1, 0.15) is 16.1 Å². The van der Waals surface area contributed by atoms with Gasteiger partial charge in [0.05, 0.1) is 16.7 Å². The molecule has 0 atom stereocenters. The summed E-state index contributed by atoms with van der Waals surface area (Å²) in [5.41, 5.74) is 4.57. The fourth-order valence-corrected chi connectivity index (χ4v) is 4.21. The lowest BCUT2D eigenvalue weighted by Gasteiger charge is -2.17. The summed E-state index contributed by atoms with van der Waals surface area (Å²) >= 11 is 0. The van der Waals surface area contributed by atoms with Gasteiger partial charge in [-0.2, -0.15) is 5.10 Å². The topological polar surface area (TPSA) is 138 Å². The number of aromatic nitrogens is 7. The molecule has 0 radical (unpaired) electrons. The van der Waals surface area contributed by atoms with Crippen molar-refractivity contribution in [3.63, 3.8) is 0 Å². The van der Waals surface area contributed by atoms with Crippen LogP contribution in [0.3, 0.4) is 0 Å². The van der Waals surface area contributed by atoms with Crippen molar-refractivity contribution < 1.29 is 13.9 Å². The number of rotatable bonds is 6. The van der Waals surface area contributed by atoms with E-state index in [-0.39, 0.29) is 23.0 Å². The number of hydrogen-bond donors (Lipinski definition) is 3. The van der Waals surface area contributed by atoms with Gasteiger partial charge in [0.25, 0.3) is 5.91 Å². The molecule has 0 saturated heterocycles. The smallest absolute Gasteiger partial charge is 0.262 e. The lowest BCUT2D eigenvalue weighted by molar-refractivity contribution is 0.0825. The first-order valence-electron chi connectivity index (χ1n) is 11.9. The second kappa shape index (κ2) is 9.49. The van der Waals surface area contributed by atoms with Gasteiger partial charge in [-0.05, 0) is 37.3 Å². The molecule has 0 fully saturated rings. The summed E-state index contributed by atoms with van der Waals surface area (Å²) in [7, 11) is 3.18. The first-order chi connectivity index (χ1) is 18.9. The van der Waals surface area contributed by atoms with Crippen LogP contribution in [0.4, 0.5) is 16.0 Å². The van der Waals surface area contributed by atoms with E-state index in [0.29, 0.717) is 22.4 Å². The molecule has 194 valence electrons. The summed E-state index contributed by atoms with van der Waals surface area (Å²) in [6.45, 7) is 1.84. The van der Waals surface area contributed by atoms with Crippen LogP contribution >= 0.6 is 0 Å². The molecule has 0 aliphatic carbocycles. The first kappa shape index (κ1) is 24.0. The summed E-state index contributed by atoms with van der Waals surface area (Å²) in [4.78, 5) is 34.7. The number of amides is 1. The molecule has 0 unspecified atom stereocenters. The van der Waals surface area contributed by atoms with Gasteiger partial charge in [-0.1, -0.05) is 6.07 Å². The van der Waals surface area contributed by atoms with E-state index in [1.165, 1.54) is 17.3 Å². The minimum absolute atomic E-state index is 0.0257. The van der Waals surface area contributed by atoms with Crippen molar-refractivity contribution in [3.05, 3.63) is 78.3 Å². The third-order valence-electron chi connectivity index (χ3n) is 6.08. The van der Waals surface area contributed by atoms with Crippen molar-refractivity contribution in [2.75, 3.05) is 19.4 Å². The largest absolute Gasteiger partial charge is 0.435 e. The highest BCUT2D eigenvalue weighted by atomic mass is 19.1. The maximum Gasteiger partial charge on any atom is 0.262 e. The molecule has 1 amide bonds. The van der Waals surface area contributed by atoms with E-state index in [0.717, 1.165) is 22.3 Å². The number of nitrogens with one attached hydrogen (secondary N) is 3. The molecule has 4 heterocycles. The van der Waals surface area contributed by atoms with E-state index >= 15 is 4.39 Å². The summed E-state index contributed by atoms with van der Waals surface area (Å²) in [5.74, 6) is -0.612. The second-order valence-electron chi connectivity index (χ2n) is 9.05. The number of aromatic amines is 2. The summed E-state index contributed by atoms with van der Waals surface area (Å²) in [6.07, 6.45) is 4.50. The highest BCUT2D eigenvalue weighted by Gasteiger charge is 2.25. The van der Waals surface area contributed by atoms with Crippen molar-refractivity contribution in [2.24, 2.45) is 0 Å². The minimum atomic E-state index is -0.565. The fourth-order valence-electron chi connectivity index (χ4n) is 4.21. The molecule has 39 heavy (non-hydrogen) atoms. The van der Waals surface area contributed by atoms with Crippen LogP contribution in [-0.2, 0) is 0 Å². The molecule has 12 heteroatoms. The van der Waals surface area contributed by atoms with Crippen LogP contribution < -0.4 is 10.1 Å². The van der Waals surface area contributed by atoms with Crippen LogP contribution in [-0.4, -0.2) is 60.0 Å². The molecule has 4 aromatic heterocycles. The molecule has 0 spiro atoms. The van der Waals surface area contributed by atoms with Crippen LogP contribution in [0.2, 0.25) is 0 Å². The Bertz CT molecular complexity index is 1860. The number of carbonyl (C=O) groups excluding carboxylic acids is 1. The van der Waals surface area contributed by atoms with Crippen LogP contribution in [0.15, 0.2) is 61.2 Å². The Kier molecular flexibility index (Phi) is 5.83. The molecule has 6 aromatic rings. The number of fused-ring (bicyclic) bond motifs is 2. The van der Waals surface area contributed by atoms with E-state index in [2.05, 4.69) is 40.4 Å². The molecule has 0 aliphatic heterocycles. The number of anilines is 2. The number of halogens is 1. The molecule has 2 aromatic carbocycles. The van der Waals surface area contributed by atoms with Gasteiger partial charge < -0.3 is 19.9 Å². The third kappa shape index (κ3) is 4.48. The van der Waals surface area contributed by atoms with Crippen molar-refractivity contribution in [1.29, 1.82) is 0 Å². The van der Waals surface area contributed by atoms with E-state index in [1.807, 2.05) is 25.1 Å². The zero-order valence-electron chi connectivity index (χ0n) is 21.2. The van der Waals surface area contributed by atoms with Gasteiger partial charge in [0, 0.05) is 54.7 Å². The average molecular weight is 524 g/mol. The van der Waals surface area contributed by atoms with Gasteiger partial charge >= 0.3 is 0 Å². The molecule has 0 aliphatic rings. The number of carbonyl (C=O) groups is 1. The van der Waals surface area contributed by atoms with Crippen molar-refractivity contribution in [1.82, 2.24) is 40.0 Å². The molecule has 6 rings (SSSR count). The number of benzene rings is 2. The minimum Gasteiger partial charge on any atom is -0.435 e. The van der Waals surface area contributed by atoms with Crippen molar-refractivity contribution in [2.45, 2.75) is 6.92 Å². The molecule has 0 saturated carbocycles. The Balaban J connectivity index is 1.35. The summed E-state index contributed by atoms with van der Waals surface area (Å²) in [5, 5.41) is 10.7. The highest BCUT2D eigenvalue weighted by Crippen LogP contribution is 2.34. The van der Waals surface area contributed by atoms with Gasteiger partial charge in [-0.25, -0.2) is 14.4 Å². The Morgan fingerprint density at radius 3 is 2.64 bits per heavy atom. The zero-order chi connectivity index (χ0) is 27.1. The Morgan fingerprint density at radius 2 is 1.82 bits per heavy atom. The lowest BCUT2D eigenvalue weighted by atomic mass is 10.1. The van der Waals surface area contributed by atoms with Gasteiger partial charge in [-0.3, -0.25) is 19.9 Å². The molecule has 3 N–H and O–H groups in total. The zero-order valence-corrected chi connectivity index (χ0v) is 21.2. The summed E-state index contributed by atoms with van der Waals surface area (Å²) in [6, 6.07) is 12.3. The molecule has 0 bridgehead atoms. The van der Waals surface area contributed by atoms with Crippen LogP contribution in [0.5, 0.6) is 11.6 Å². The quantitative estimate of drug-likeness (QED) is 0.278. The van der Waals surface area contributed by atoms with Crippen molar-refractivity contribution in [3.8, 4) is 22.9 Å². The molecular formula is C27H22FN9O2. The SMILES string of the molecule is Cc1cc2c(F)c(Oc3ncnc(Nc4cc(-c5ccc6nccnc6c5)[nH]n4)c3C(=O)N(C)C)ccc2[nH]1. The normalized spacial score (nSPS) is 11.2. The van der Waals surface area contributed by atoms with Gasteiger partial charge in [0.1, 0.15) is 11.9 Å². The fraction of sp³-hybridized carbons (Fsp3) is 0.111. The van der Waals surface area contributed by atoms with E-state index in [4.69, 9.17) is 4.74 Å². The predicted octanol–water partition coefficient (Wildman–Crippen LogP) is 4.98. The number of hydrogen-bond acceptors (Lipinski definition) is 8. The van der Waals surface area contributed by atoms with Crippen molar-refractivity contribution >= 4 is 39.5 Å². The van der Waals surface area contributed by atoms with E-state index < -0.39 is 11.7 Å². The van der Waals surface area contributed by atoms with Crippen LogP contribution in [0, 0.1) is 12.7 Å². The van der Waals surface area contributed by atoms with Gasteiger partial charge in [0.2, 0.25) is 5.88 Å². The Hall–Kier alpha value is -5.39. The summed E-state index contributed by atoms with van der Waals surface area (Å²) < 4.78 is 21.1. The Morgan fingerprint density at radius 1 is 1.00 bits per heavy atom. The standard InChI is InChI=1S/C27H22FN9O2/c1-14-10-16-17(33-14)6-7-21(24(16)28)39-26-23(27(38)37(2)3)25(31-13-32-26)34-22-12-19(35-36-22)15-4-5-18-20(11-15)30-9-8-29-18/h4-13,33H,1-3H3,(H2,31,32,34,35,36). The maximum atomic E-state index is 15.2. The number of nitrogens with zero attached hydrogens (tertiary/aromatic N) is 6. The Labute approximate surface area is 221 Å². The second-order valence-corrected chi connectivity index (χ2v) is 9.05. The lowest BCUT2D eigenvalue weighted by Crippen LogP contribution is -2.24. The third-order valence-corrected chi connectivity index (χ3v) is 6.08. The first-order valence-corrected chi connectivity index (χ1v) is 11.9. The van der Waals surface area contributed by atoms with E-state index in [1.54, 1.807) is 44.7 Å². The van der Waals surface area contributed by atoms with Crippen LogP contribution in [0.25, 0.3) is 33.2 Å². The molecular weight excluding hydrogens is 501 g/mol. The van der Waals surface area contributed by atoms with E-state index in [9.17, 15) is 4.79 Å². The predicted molar refractivity (Wildman–Crippen MR) is 144 cm³/mol. The van der Waals surface area contributed by atoms with Gasteiger partial charge in [-0.15, -0.1) is 0 Å². The average Bonchev–Trinajstić information content (AvgIpc) is 3.56. The highest BCUT2D eigenvalue weighted by molar-refractivity contribution is 6.01. The maximum absolute atomic E-state index is 15.2. The number of ether oxygens (including phenoxy) is 1. The number of aryl methyl sites for hydroxylation is 1. The number of H-pyrrole nitrogens is 2. The molecule has 11 nitrogen and oxygen atoms in total. The monoisotopic (exact) mass is 523 g/mol. The van der Waals surface area contributed by atoms with Gasteiger partial charge in [0.15, 0.2) is 23.2 Å².